The highest BCUT2D eigenvalue weighted by atomic mass is 32.1. The smallest absolute Gasteiger partial charge is 0.251 e. The van der Waals surface area contributed by atoms with Gasteiger partial charge in [0.25, 0.3) is 5.91 Å². The van der Waals surface area contributed by atoms with Gasteiger partial charge in [0.1, 0.15) is 12.4 Å². The zero-order valence-electron chi connectivity index (χ0n) is 15.3. The van der Waals surface area contributed by atoms with Gasteiger partial charge in [-0.1, -0.05) is 17.3 Å². The molecule has 28 heavy (non-hydrogen) atoms. The molecule has 3 heterocycles. The lowest BCUT2D eigenvalue weighted by molar-refractivity contribution is 0.0946. The molecule has 0 aliphatic heterocycles. The highest BCUT2D eigenvalue weighted by Gasteiger charge is 2.12. The van der Waals surface area contributed by atoms with E-state index in [-0.39, 0.29) is 19.1 Å². The Morgan fingerprint density at radius 1 is 1.18 bits per heavy atom. The lowest BCUT2D eigenvalue weighted by Gasteiger charge is -2.06. The van der Waals surface area contributed by atoms with E-state index in [0.29, 0.717) is 17.3 Å². The van der Waals surface area contributed by atoms with E-state index < -0.39 is 0 Å². The van der Waals surface area contributed by atoms with Gasteiger partial charge in [-0.15, -0.1) is 11.3 Å². The summed E-state index contributed by atoms with van der Waals surface area (Å²) in [6.07, 6.45) is 0. The molecule has 9 heteroatoms. The number of nitrogens with zero attached hydrogens (tertiary/aromatic N) is 4. The molecule has 0 saturated heterocycles. The fourth-order valence-electron chi connectivity index (χ4n) is 2.76. The quantitative estimate of drug-likeness (QED) is 0.535. The topological polar surface area (TPSA) is 103 Å². The zero-order chi connectivity index (χ0) is 19.5. The van der Waals surface area contributed by atoms with Crippen molar-refractivity contribution in [3.05, 3.63) is 58.8 Å². The van der Waals surface area contributed by atoms with Crippen LogP contribution < -0.4 is 5.32 Å². The lowest BCUT2D eigenvalue weighted by atomic mass is 10.1. The summed E-state index contributed by atoms with van der Waals surface area (Å²) in [5.41, 5.74) is 3.28. The van der Waals surface area contributed by atoms with Crippen LogP contribution in [0.1, 0.15) is 27.9 Å². The molecule has 0 spiro atoms. The number of hydrogen-bond donors (Lipinski definition) is 1. The van der Waals surface area contributed by atoms with Gasteiger partial charge in [-0.05, 0) is 30.5 Å². The third-order valence-electron chi connectivity index (χ3n) is 4.02. The lowest BCUT2D eigenvalue weighted by Crippen LogP contribution is -2.22. The van der Waals surface area contributed by atoms with E-state index in [1.165, 1.54) is 0 Å². The minimum Gasteiger partial charge on any atom is -0.377 e. The standard InChI is InChI=1S/C19H17N5O3S/c1-11-21-14-7-8-28-18(14)17(22-11)12-3-5-13(6-4-12)19(25)20-9-16-23-15(10-26-2)24-27-16/h3-8H,9-10H2,1-2H3,(H,20,25). The second-order valence-electron chi connectivity index (χ2n) is 6.05. The Hall–Kier alpha value is -3.17. The summed E-state index contributed by atoms with van der Waals surface area (Å²) >= 11 is 1.60. The average Bonchev–Trinajstić information content (AvgIpc) is 3.35. The van der Waals surface area contributed by atoms with Gasteiger partial charge in [0, 0.05) is 18.2 Å². The van der Waals surface area contributed by atoms with Crippen molar-refractivity contribution < 1.29 is 14.1 Å². The Labute approximate surface area is 164 Å². The number of amides is 1. The molecular weight excluding hydrogens is 378 g/mol. The highest BCUT2D eigenvalue weighted by molar-refractivity contribution is 7.17. The van der Waals surface area contributed by atoms with Crippen LogP contribution in [0, 0.1) is 6.92 Å². The van der Waals surface area contributed by atoms with Gasteiger partial charge in [-0.3, -0.25) is 4.79 Å². The van der Waals surface area contributed by atoms with Crippen molar-refractivity contribution in [1.82, 2.24) is 25.4 Å². The van der Waals surface area contributed by atoms with Crippen molar-refractivity contribution in [3.63, 3.8) is 0 Å². The van der Waals surface area contributed by atoms with Crippen molar-refractivity contribution >= 4 is 27.5 Å². The molecule has 0 saturated carbocycles. The number of hydrogen-bond acceptors (Lipinski definition) is 8. The second kappa shape index (κ2) is 7.83. The molecule has 4 rings (SSSR count). The maximum absolute atomic E-state index is 12.4. The Morgan fingerprint density at radius 3 is 2.79 bits per heavy atom. The van der Waals surface area contributed by atoms with Gasteiger partial charge in [0.05, 0.1) is 22.5 Å². The number of methoxy groups -OCH3 is 1. The predicted octanol–water partition coefficient (Wildman–Crippen LogP) is 3.13. The molecule has 3 aromatic heterocycles. The van der Waals surface area contributed by atoms with Crippen LogP contribution in [0.15, 0.2) is 40.2 Å². The van der Waals surface area contributed by atoms with Crippen molar-refractivity contribution in [2.75, 3.05) is 7.11 Å². The van der Waals surface area contributed by atoms with Crippen LogP contribution in [0.5, 0.6) is 0 Å². The number of carbonyl (C=O) groups excluding carboxylic acids is 1. The van der Waals surface area contributed by atoms with E-state index in [1.54, 1.807) is 30.6 Å². The Bertz CT molecular complexity index is 1120. The van der Waals surface area contributed by atoms with Crippen molar-refractivity contribution in [2.45, 2.75) is 20.1 Å². The van der Waals surface area contributed by atoms with Crippen LogP contribution in [0.3, 0.4) is 0 Å². The Morgan fingerprint density at radius 2 is 2.00 bits per heavy atom. The number of thiophene rings is 1. The van der Waals surface area contributed by atoms with E-state index in [1.807, 2.05) is 30.5 Å². The average molecular weight is 395 g/mol. The molecule has 0 bridgehead atoms. The molecule has 1 aromatic carbocycles. The van der Waals surface area contributed by atoms with E-state index in [0.717, 1.165) is 27.3 Å². The van der Waals surface area contributed by atoms with Gasteiger partial charge >= 0.3 is 0 Å². The third-order valence-corrected chi connectivity index (χ3v) is 4.93. The molecule has 0 aliphatic carbocycles. The predicted molar refractivity (Wildman–Crippen MR) is 104 cm³/mol. The summed E-state index contributed by atoms with van der Waals surface area (Å²) in [6, 6.07) is 9.30. The summed E-state index contributed by atoms with van der Waals surface area (Å²) in [4.78, 5) is 25.5. The largest absolute Gasteiger partial charge is 0.377 e. The zero-order valence-corrected chi connectivity index (χ0v) is 16.1. The van der Waals surface area contributed by atoms with E-state index in [4.69, 9.17) is 9.26 Å². The summed E-state index contributed by atoms with van der Waals surface area (Å²) in [5, 5.41) is 8.52. The van der Waals surface area contributed by atoms with Crippen LogP contribution in [-0.4, -0.2) is 33.1 Å². The van der Waals surface area contributed by atoms with E-state index in [9.17, 15) is 4.79 Å². The minimum atomic E-state index is -0.224. The van der Waals surface area contributed by atoms with Crippen LogP contribution in [-0.2, 0) is 17.9 Å². The maximum Gasteiger partial charge on any atom is 0.251 e. The first-order chi connectivity index (χ1) is 13.6. The minimum absolute atomic E-state index is 0.151. The fraction of sp³-hybridized carbons (Fsp3) is 0.211. The fourth-order valence-corrected chi connectivity index (χ4v) is 3.60. The monoisotopic (exact) mass is 395 g/mol. The van der Waals surface area contributed by atoms with Crippen molar-refractivity contribution in [3.8, 4) is 11.3 Å². The molecule has 1 amide bonds. The van der Waals surface area contributed by atoms with Crippen molar-refractivity contribution in [1.29, 1.82) is 0 Å². The van der Waals surface area contributed by atoms with Crippen LogP contribution in [0.25, 0.3) is 21.5 Å². The SMILES string of the molecule is COCc1noc(CNC(=O)c2ccc(-c3nc(C)nc4ccsc34)cc2)n1. The summed E-state index contributed by atoms with van der Waals surface area (Å²) in [6.45, 7) is 2.29. The number of benzene rings is 1. The number of aryl methyl sites for hydroxylation is 1. The number of rotatable bonds is 6. The van der Waals surface area contributed by atoms with E-state index in [2.05, 4.69) is 25.4 Å². The molecule has 0 fully saturated rings. The molecule has 0 unspecified atom stereocenters. The highest BCUT2D eigenvalue weighted by Crippen LogP contribution is 2.30. The van der Waals surface area contributed by atoms with Crippen molar-refractivity contribution in [2.24, 2.45) is 0 Å². The normalized spacial score (nSPS) is 11.1. The van der Waals surface area contributed by atoms with Crippen LogP contribution >= 0.6 is 11.3 Å². The third kappa shape index (κ3) is 3.75. The second-order valence-corrected chi connectivity index (χ2v) is 6.97. The van der Waals surface area contributed by atoms with Gasteiger partial charge in [-0.2, -0.15) is 4.98 Å². The van der Waals surface area contributed by atoms with E-state index >= 15 is 0 Å². The molecule has 1 N–H and O–H groups in total. The maximum atomic E-state index is 12.4. The van der Waals surface area contributed by atoms with Crippen LogP contribution in [0.2, 0.25) is 0 Å². The molecule has 0 radical (unpaired) electrons. The van der Waals surface area contributed by atoms with Gasteiger partial charge in [0.2, 0.25) is 5.89 Å². The molecule has 142 valence electrons. The molecule has 8 nitrogen and oxygen atoms in total. The van der Waals surface area contributed by atoms with Gasteiger partial charge in [-0.25, -0.2) is 9.97 Å². The summed E-state index contributed by atoms with van der Waals surface area (Å²) in [5.74, 6) is 1.26. The summed E-state index contributed by atoms with van der Waals surface area (Å²) < 4.78 is 11.0. The number of nitrogens with one attached hydrogen (secondary N) is 1. The molecule has 0 atom stereocenters. The van der Waals surface area contributed by atoms with Gasteiger partial charge < -0.3 is 14.6 Å². The Kier molecular flexibility index (Phi) is 5.09. The summed E-state index contributed by atoms with van der Waals surface area (Å²) in [7, 11) is 1.55. The molecule has 0 aliphatic rings. The Balaban J connectivity index is 1.47. The van der Waals surface area contributed by atoms with Crippen LogP contribution in [0.4, 0.5) is 0 Å². The number of fused-ring (bicyclic) bond motifs is 1. The first-order valence-corrected chi connectivity index (χ1v) is 9.43. The number of ether oxygens (including phenoxy) is 1. The first-order valence-electron chi connectivity index (χ1n) is 8.55. The van der Waals surface area contributed by atoms with Gasteiger partial charge in [0.15, 0.2) is 5.82 Å². The number of aromatic nitrogens is 4. The number of carbonyl (C=O) groups is 1. The molecular formula is C19H17N5O3S. The molecule has 4 aromatic rings. The first kappa shape index (κ1) is 18.2.